The van der Waals surface area contributed by atoms with Crippen molar-refractivity contribution in [1.82, 2.24) is 25.2 Å². The van der Waals surface area contributed by atoms with Gasteiger partial charge < -0.3 is 19.7 Å². The van der Waals surface area contributed by atoms with Crippen molar-refractivity contribution in [2.24, 2.45) is 5.92 Å². The number of aromatic nitrogens is 3. The van der Waals surface area contributed by atoms with Crippen LogP contribution in [0.15, 0.2) is 48.5 Å². The Morgan fingerprint density at radius 1 is 1.09 bits per heavy atom. The minimum absolute atomic E-state index is 0.0546. The molecule has 34 heavy (non-hydrogen) atoms. The molecule has 9 heteroatoms. The first-order valence-corrected chi connectivity index (χ1v) is 11.6. The first kappa shape index (κ1) is 20.7. The minimum atomic E-state index is -0.231. The average Bonchev–Trinajstić information content (AvgIpc) is 3.26. The summed E-state index contributed by atoms with van der Waals surface area (Å²) in [5.74, 6) is 1.66. The Morgan fingerprint density at radius 3 is 2.74 bits per heavy atom. The monoisotopic (exact) mass is 459 g/mol. The van der Waals surface area contributed by atoms with Crippen molar-refractivity contribution in [1.29, 1.82) is 0 Å². The van der Waals surface area contributed by atoms with Gasteiger partial charge in [-0.1, -0.05) is 29.5 Å². The highest BCUT2D eigenvalue weighted by molar-refractivity contribution is 5.93. The average molecular weight is 460 g/mol. The summed E-state index contributed by atoms with van der Waals surface area (Å²) in [4.78, 5) is 27.4. The fourth-order valence-corrected chi connectivity index (χ4v) is 4.66. The molecule has 1 unspecified atom stereocenters. The van der Waals surface area contributed by atoms with Crippen LogP contribution in [0.2, 0.25) is 0 Å². The number of carbonyl (C=O) groups is 2. The van der Waals surface area contributed by atoms with Crippen LogP contribution in [-0.4, -0.2) is 51.6 Å². The summed E-state index contributed by atoms with van der Waals surface area (Å²) in [7, 11) is 0. The normalized spacial score (nSPS) is 19.0. The summed E-state index contributed by atoms with van der Waals surface area (Å²) in [6.07, 6.45) is 2.48. The second-order valence-corrected chi connectivity index (χ2v) is 9.09. The van der Waals surface area contributed by atoms with Gasteiger partial charge in [0.2, 0.25) is 12.7 Å². The molecule has 3 aromatic rings. The molecular formula is C25H25N5O4. The van der Waals surface area contributed by atoms with Crippen LogP contribution in [0.1, 0.15) is 46.9 Å². The molecule has 1 atom stereocenters. The molecule has 2 aromatic carbocycles. The van der Waals surface area contributed by atoms with E-state index < -0.39 is 0 Å². The van der Waals surface area contributed by atoms with Gasteiger partial charge in [0, 0.05) is 37.9 Å². The van der Waals surface area contributed by atoms with Crippen molar-refractivity contribution in [2.75, 3.05) is 19.9 Å². The van der Waals surface area contributed by atoms with Gasteiger partial charge in [0.15, 0.2) is 17.2 Å². The van der Waals surface area contributed by atoms with Gasteiger partial charge in [-0.3, -0.25) is 9.59 Å². The van der Waals surface area contributed by atoms with E-state index in [0.717, 1.165) is 35.5 Å². The molecule has 0 spiro atoms. The van der Waals surface area contributed by atoms with Crippen LogP contribution in [0.4, 0.5) is 0 Å². The molecule has 1 aromatic heterocycles. The molecule has 2 fully saturated rings. The maximum absolute atomic E-state index is 13.0. The van der Waals surface area contributed by atoms with E-state index in [1.165, 1.54) is 0 Å². The fourth-order valence-electron chi connectivity index (χ4n) is 4.66. The van der Waals surface area contributed by atoms with Gasteiger partial charge >= 0.3 is 0 Å². The number of benzene rings is 2. The number of para-hydroxylation sites is 1. The molecule has 0 bridgehead atoms. The number of hydrogen-bond donors (Lipinski definition) is 1. The molecule has 0 radical (unpaired) electrons. The van der Waals surface area contributed by atoms with Crippen molar-refractivity contribution in [3.05, 3.63) is 65.5 Å². The third kappa shape index (κ3) is 3.98. The van der Waals surface area contributed by atoms with Crippen LogP contribution >= 0.6 is 0 Å². The summed E-state index contributed by atoms with van der Waals surface area (Å²) >= 11 is 0. The topological polar surface area (TPSA) is 98.6 Å². The largest absolute Gasteiger partial charge is 0.454 e. The van der Waals surface area contributed by atoms with Crippen LogP contribution < -0.4 is 14.8 Å². The molecule has 1 aliphatic carbocycles. The molecule has 1 saturated heterocycles. The van der Waals surface area contributed by atoms with Gasteiger partial charge in [0.25, 0.3) is 5.91 Å². The van der Waals surface area contributed by atoms with Crippen molar-refractivity contribution in [3.63, 3.8) is 0 Å². The number of rotatable bonds is 7. The lowest BCUT2D eigenvalue weighted by atomic mass is 10.1. The molecule has 6 rings (SSSR count). The van der Waals surface area contributed by atoms with Gasteiger partial charge in [-0.05, 0) is 42.7 Å². The van der Waals surface area contributed by atoms with Crippen molar-refractivity contribution < 1.29 is 19.1 Å². The van der Waals surface area contributed by atoms with E-state index in [2.05, 4.69) is 15.6 Å². The number of carbonyl (C=O) groups excluding carboxylic acids is 2. The van der Waals surface area contributed by atoms with E-state index in [9.17, 15) is 9.59 Å². The summed E-state index contributed by atoms with van der Waals surface area (Å²) in [5.41, 5.74) is 3.15. The van der Waals surface area contributed by atoms with Crippen LogP contribution in [-0.2, 0) is 11.3 Å². The van der Waals surface area contributed by atoms with E-state index in [0.29, 0.717) is 43.4 Å². The molecule has 3 aliphatic rings. The number of amides is 2. The molecule has 2 aliphatic heterocycles. The minimum Gasteiger partial charge on any atom is -0.454 e. The molecule has 2 amide bonds. The lowest BCUT2D eigenvalue weighted by Gasteiger charge is -2.17. The van der Waals surface area contributed by atoms with Crippen molar-refractivity contribution in [3.8, 4) is 17.2 Å². The first-order valence-electron chi connectivity index (χ1n) is 11.6. The van der Waals surface area contributed by atoms with Gasteiger partial charge in [-0.2, -0.15) is 0 Å². The summed E-state index contributed by atoms with van der Waals surface area (Å²) in [6.45, 7) is 1.76. The molecule has 1 N–H and O–H groups in total. The van der Waals surface area contributed by atoms with Gasteiger partial charge in [-0.25, -0.2) is 4.68 Å². The Kier molecular flexibility index (Phi) is 5.16. The van der Waals surface area contributed by atoms with Crippen LogP contribution in [0, 0.1) is 5.92 Å². The van der Waals surface area contributed by atoms with Gasteiger partial charge in [0.1, 0.15) is 0 Å². The number of hydrogen-bond acceptors (Lipinski definition) is 6. The Labute approximate surface area is 196 Å². The second kappa shape index (κ2) is 8.48. The van der Waals surface area contributed by atoms with E-state index in [4.69, 9.17) is 9.47 Å². The number of likely N-dealkylation sites (tertiary alicyclic amines) is 1. The lowest BCUT2D eigenvalue weighted by molar-refractivity contribution is -0.128. The maximum atomic E-state index is 13.0. The van der Waals surface area contributed by atoms with Crippen molar-refractivity contribution in [2.45, 2.75) is 31.7 Å². The highest BCUT2D eigenvalue weighted by Crippen LogP contribution is 2.42. The van der Waals surface area contributed by atoms with Gasteiger partial charge in [-0.15, -0.1) is 5.10 Å². The highest BCUT2D eigenvalue weighted by Gasteiger charge is 2.35. The second-order valence-electron chi connectivity index (χ2n) is 9.09. The molecule has 1 saturated carbocycles. The third-order valence-corrected chi connectivity index (χ3v) is 6.54. The summed E-state index contributed by atoms with van der Waals surface area (Å²) < 4.78 is 12.6. The summed E-state index contributed by atoms with van der Waals surface area (Å²) in [6, 6.07) is 15.5. The van der Waals surface area contributed by atoms with E-state index in [-0.39, 0.29) is 24.5 Å². The standard InChI is InChI=1S/C25H25N5O4/c31-22-11-17(14-29(22)13-16-6-9-20-21(10-16)34-15-33-20)12-26-25(32)23-24(18-7-8-18)30(28-27-23)19-4-2-1-3-5-19/h1-6,9-10,17-18H,7-8,11-15H2,(H,26,32). The fraction of sp³-hybridized carbons (Fsp3) is 0.360. The molecular weight excluding hydrogens is 434 g/mol. The molecule has 174 valence electrons. The number of nitrogens with one attached hydrogen (secondary N) is 1. The first-order chi connectivity index (χ1) is 16.7. The zero-order valence-corrected chi connectivity index (χ0v) is 18.6. The maximum Gasteiger partial charge on any atom is 0.273 e. The Balaban J connectivity index is 1.09. The van der Waals surface area contributed by atoms with E-state index in [1.807, 2.05) is 53.4 Å². The third-order valence-electron chi connectivity index (χ3n) is 6.54. The zero-order valence-electron chi connectivity index (χ0n) is 18.6. The number of nitrogens with zero attached hydrogens (tertiary/aromatic N) is 4. The number of fused-ring (bicyclic) bond motifs is 1. The Bertz CT molecular complexity index is 1240. The van der Waals surface area contributed by atoms with Gasteiger partial charge in [0.05, 0.1) is 11.4 Å². The molecule has 3 heterocycles. The van der Waals surface area contributed by atoms with Crippen LogP contribution in [0.3, 0.4) is 0 Å². The van der Waals surface area contributed by atoms with E-state index >= 15 is 0 Å². The predicted molar refractivity (Wildman–Crippen MR) is 122 cm³/mol. The predicted octanol–water partition coefficient (Wildman–Crippen LogP) is 2.65. The lowest BCUT2D eigenvalue weighted by Crippen LogP contribution is -2.32. The Morgan fingerprint density at radius 2 is 1.91 bits per heavy atom. The summed E-state index contributed by atoms with van der Waals surface area (Å²) in [5, 5.41) is 11.5. The van der Waals surface area contributed by atoms with Crippen LogP contribution in [0.25, 0.3) is 5.69 Å². The van der Waals surface area contributed by atoms with Crippen LogP contribution in [0.5, 0.6) is 11.5 Å². The zero-order chi connectivity index (χ0) is 23.1. The highest BCUT2D eigenvalue weighted by atomic mass is 16.7. The Hall–Kier alpha value is -3.88. The smallest absolute Gasteiger partial charge is 0.273 e. The van der Waals surface area contributed by atoms with Crippen molar-refractivity contribution >= 4 is 11.8 Å². The van der Waals surface area contributed by atoms with E-state index in [1.54, 1.807) is 4.68 Å². The number of ether oxygens (including phenoxy) is 2. The SMILES string of the molecule is O=C(NCC1CC(=O)N(Cc2ccc3c(c2)OCO3)C1)c1nnn(-c2ccccc2)c1C1CC1. The molecule has 9 nitrogen and oxygen atoms in total. The quantitative estimate of drug-likeness (QED) is 0.583.